The van der Waals surface area contributed by atoms with Gasteiger partial charge in [-0.15, -0.1) is 0 Å². The van der Waals surface area contributed by atoms with Crippen molar-refractivity contribution in [2.45, 2.75) is 64.4 Å². The van der Waals surface area contributed by atoms with Crippen LogP contribution in [0.3, 0.4) is 0 Å². The number of rotatable bonds is 5. The minimum Gasteiger partial charge on any atom is -0.481 e. The monoisotopic (exact) mass is 462 g/mol. The molecule has 8 heteroatoms. The highest BCUT2D eigenvalue weighted by molar-refractivity contribution is 6.03. The lowest BCUT2D eigenvalue weighted by Gasteiger charge is -2.36. The molecule has 0 atom stereocenters. The Labute approximate surface area is 198 Å². The third-order valence-corrected chi connectivity index (χ3v) is 7.19. The highest BCUT2D eigenvalue weighted by Crippen LogP contribution is 2.44. The number of aromatic amines is 1. The van der Waals surface area contributed by atoms with Gasteiger partial charge in [0.2, 0.25) is 0 Å². The van der Waals surface area contributed by atoms with Gasteiger partial charge in [-0.05, 0) is 73.6 Å². The molecule has 178 valence electrons. The number of nitrogens with zero attached hydrogens (tertiary/aromatic N) is 2. The van der Waals surface area contributed by atoms with E-state index >= 15 is 0 Å². The second-order valence-electron chi connectivity index (χ2n) is 10.2. The van der Waals surface area contributed by atoms with Crippen LogP contribution >= 0.6 is 0 Å². The largest absolute Gasteiger partial charge is 0.481 e. The summed E-state index contributed by atoms with van der Waals surface area (Å²) in [5.41, 5.74) is 2.55. The van der Waals surface area contributed by atoms with Crippen molar-refractivity contribution in [1.82, 2.24) is 9.97 Å². The Bertz CT molecular complexity index is 1180. The first-order valence-electron chi connectivity index (χ1n) is 11.7. The number of aliphatic hydroxyl groups is 1. The standard InChI is InChI=1S/C26H30N4O4/c1-25(2)9-5-16(6-10-25)20-13-18(26(34)11-7-17(8-12-26)24(32)33)3-4-21(20)30-23(31)22-28-15-19(14-27)29-22/h3-5,13,15,17,34H,6-12H2,1-2H3,(H,28,29)(H,30,31)(H,32,33)/t17-,26-. The molecule has 1 aromatic heterocycles. The summed E-state index contributed by atoms with van der Waals surface area (Å²) in [7, 11) is 0. The molecule has 2 aromatic rings. The number of nitrogens with one attached hydrogen (secondary N) is 2. The smallest absolute Gasteiger partial charge is 0.306 e. The fourth-order valence-corrected chi connectivity index (χ4v) is 4.84. The summed E-state index contributed by atoms with van der Waals surface area (Å²) in [6.07, 6.45) is 7.96. The van der Waals surface area contributed by atoms with Crippen LogP contribution < -0.4 is 5.32 Å². The molecule has 1 amide bonds. The van der Waals surface area contributed by atoms with Gasteiger partial charge in [0.1, 0.15) is 6.07 Å². The number of carboxylic acids is 1. The van der Waals surface area contributed by atoms with E-state index in [1.54, 1.807) is 12.1 Å². The minimum absolute atomic E-state index is 0.0518. The summed E-state index contributed by atoms with van der Waals surface area (Å²) < 4.78 is 0. The molecule has 1 fully saturated rings. The Hall–Kier alpha value is -3.44. The Morgan fingerprint density at radius 1 is 1.24 bits per heavy atom. The van der Waals surface area contributed by atoms with Crippen molar-refractivity contribution in [1.29, 1.82) is 5.26 Å². The Kier molecular flexibility index (Phi) is 6.32. The van der Waals surface area contributed by atoms with Crippen LogP contribution in [0.5, 0.6) is 0 Å². The van der Waals surface area contributed by atoms with E-state index in [-0.39, 0.29) is 16.9 Å². The van der Waals surface area contributed by atoms with Crippen molar-refractivity contribution in [3.63, 3.8) is 0 Å². The molecule has 4 rings (SSSR count). The minimum atomic E-state index is -1.10. The maximum atomic E-state index is 12.8. The van der Waals surface area contributed by atoms with E-state index in [2.05, 4.69) is 35.2 Å². The van der Waals surface area contributed by atoms with Gasteiger partial charge in [-0.25, -0.2) is 4.98 Å². The molecule has 1 aromatic carbocycles. The topological polar surface area (TPSA) is 139 Å². The van der Waals surface area contributed by atoms with Gasteiger partial charge in [-0.3, -0.25) is 9.59 Å². The van der Waals surface area contributed by atoms with Crippen molar-refractivity contribution in [2.75, 3.05) is 5.32 Å². The maximum absolute atomic E-state index is 12.8. The Morgan fingerprint density at radius 3 is 2.56 bits per heavy atom. The van der Waals surface area contributed by atoms with Crippen LogP contribution in [-0.2, 0) is 10.4 Å². The normalized spacial score (nSPS) is 24.1. The first-order valence-corrected chi connectivity index (χ1v) is 11.7. The number of hydrogen-bond acceptors (Lipinski definition) is 5. The van der Waals surface area contributed by atoms with Gasteiger partial charge in [-0.1, -0.05) is 26.0 Å². The summed E-state index contributed by atoms with van der Waals surface area (Å²) in [6.45, 7) is 4.46. The molecule has 2 aliphatic rings. The molecule has 0 radical (unpaired) electrons. The first kappa shape index (κ1) is 23.7. The van der Waals surface area contributed by atoms with Crippen molar-refractivity contribution in [3.8, 4) is 6.07 Å². The highest BCUT2D eigenvalue weighted by Gasteiger charge is 2.37. The van der Waals surface area contributed by atoms with Crippen molar-refractivity contribution >= 4 is 23.1 Å². The second-order valence-corrected chi connectivity index (χ2v) is 10.2. The highest BCUT2D eigenvalue weighted by atomic mass is 16.4. The van der Waals surface area contributed by atoms with Crippen molar-refractivity contribution in [3.05, 3.63) is 53.1 Å². The third-order valence-electron chi connectivity index (χ3n) is 7.19. The van der Waals surface area contributed by atoms with E-state index in [1.165, 1.54) is 6.20 Å². The number of hydrogen-bond donors (Lipinski definition) is 4. The predicted octanol–water partition coefficient (Wildman–Crippen LogP) is 4.59. The number of aliphatic carboxylic acids is 1. The van der Waals surface area contributed by atoms with Gasteiger partial charge < -0.3 is 20.5 Å². The zero-order valence-electron chi connectivity index (χ0n) is 19.5. The average Bonchev–Trinajstić information content (AvgIpc) is 3.29. The van der Waals surface area contributed by atoms with E-state index in [1.807, 2.05) is 12.1 Å². The SMILES string of the molecule is CC1(C)CC=C(c2cc([C@]3(O)CC[C@H](C(=O)O)CC3)ccc2NC(=O)c2nc(C#N)c[nH]2)CC1. The molecule has 1 saturated carbocycles. The van der Waals surface area contributed by atoms with Crippen LogP contribution in [-0.4, -0.2) is 32.1 Å². The molecule has 0 bridgehead atoms. The molecule has 4 N–H and O–H groups in total. The van der Waals surface area contributed by atoms with Gasteiger partial charge in [0.15, 0.2) is 11.5 Å². The zero-order chi connectivity index (χ0) is 24.5. The summed E-state index contributed by atoms with van der Waals surface area (Å²) in [5.74, 6) is -1.63. The lowest BCUT2D eigenvalue weighted by atomic mass is 9.73. The quantitative estimate of drug-likeness (QED) is 0.512. The van der Waals surface area contributed by atoms with E-state index in [0.717, 1.165) is 36.0 Å². The van der Waals surface area contributed by atoms with Crippen LogP contribution in [0.2, 0.25) is 0 Å². The Balaban J connectivity index is 1.66. The summed E-state index contributed by atoms with van der Waals surface area (Å²) in [4.78, 5) is 30.8. The van der Waals surface area contributed by atoms with Crippen molar-refractivity contribution in [2.24, 2.45) is 11.3 Å². The number of H-pyrrole nitrogens is 1. The number of imidazole rings is 1. The van der Waals surface area contributed by atoms with E-state index < -0.39 is 23.4 Å². The zero-order valence-corrected chi connectivity index (χ0v) is 19.5. The number of anilines is 1. The van der Waals surface area contributed by atoms with Crippen LogP contribution in [0.15, 0.2) is 30.5 Å². The molecular formula is C26H30N4O4. The molecule has 8 nitrogen and oxygen atoms in total. The first-order chi connectivity index (χ1) is 16.1. The number of carbonyl (C=O) groups excluding carboxylic acids is 1. The molecular weight excluding hydrogens is 432 g/mol. The lowest BCUT2D eigenvalue weighted by molar-refractivity contribution is -0.145. The van der Waals surface area contributed by atoms with E-state index in [4.69, 9.17) is 5.26 Å². The number of carboxylic acid groups (broad SMARTS) is 1. The van der Waals surface area contributed by atoms with Gasteiger partial charge in [0.25, 0.3) is 5.91 Å². The number of amides is 1. The van der Waals surface area contributed by atoms with Gasteiger partial charge >= 0.3 is 5.97 Å². The molecule has 0 aliphatic heterocycles. The van der Waals surface area contributed by atoms with Gasteiger partial charge in [0.05, 0.1) is 11.5 Å². The average molecular weight is 463 g/mol. The molecule has 0 unspecified atom stereocenters. The van der Waals surface area contributed by atoms with Crippen molar-refractivity contribution < 1.29 is 19.8 Å². The molecule has 0 spiro atoms. The fourth-order valence-electron chi connectivity index (χ4n) is 4.84. The molecule has 1 heterocycles. The summed E-state index contributed by atoms with van der Waals surface area (Å²) in [5, 5.41) is 32.6. The van der Waals surface area contributed by atoms with Crippen LogP contribution in [0, 0.1) is 22.7 Å². The Morgan fingerprint density at radius 2 is 1.97 bits per heavy atom. The number of nitriles is 1. The van der Waals surface area contributed by atoms with E-state index in [9.17, 15) is 19.8 Å². The van der Waals surface area contributed by atoms with Gasteiger partial charge in [-0.2, -0.15) is 5.26 Å². The van der Waals surface area contributed by atoms with Crippen LogP contribution in [0.4, 0.5) is 5.69 Å². The van der Waals surface area contributed by atoms with Crippen LogP contribution in [0.1, 0.15) is 86.2 Å². The number of allylic oxidation sites excluding steroid dienone is 2. The predicted molar refractivity (Wildman–Crippen MR) is 127 cm³/mol. The van der Waals surface area contributed by atoms with Crippen LogP contribution in [0.25, 0.3) is 5.57 Å². The summed E-state index contributed by atoms with van der Waals surface area (Å²) in [6, 6.07) is 7.43. The van der Waals surface area contributed by atoms with E-state index in [0.29, 0.717) is 31.4 Å². The summed E-state index contributed by atoms with van der Waals surface area (Å²) >= 11 is 0. The maximum Gasteiger partial charge on any atom is 0.306 e. The fraction of sp³-hybridized carbons (Fsp3) is 0.462. The third kappa shape index (κ3) is 4.90. The number of carbonyl (C=O) groups is 2. The molecule has 0 saturated heterocycles. The lowest BCUT2D eigenvalue weighted by Crippen LogP contribution is -2.34. The molecule has 34 heavy (non-hydrogen) atoms. The van der Waals surface area contributed by atoms with Gasteiger partial charge in [0, 0.05) is 17.4 Å². The second kappa shape index (κ2) is 9.07. The molecule has 2 aliphatic carbocycles. The number of aromatic nitrogens is 2. The number of benzene rings is 1.